The van der Waals surface area contributed by atoms with E-state index in [1.54, 1.807) is 12.5 Å². The minimum atomic E-state index is 0.642. The van der Waals surface area contributed by atoms with Gasteiger partial charge >= 0.3 is 0 Å². The van der Waals surface area contributed by atoms with Gasteiger partial charge in [-0.2, -0.15) is 0 Å². The second kappa shape index (κ2) is 8.39. The summed E-state index contributed by atoms with van der Waals surface area (Å²) in [5.41, 5.74) is 5.52. The van der Waals surface area contributed by atoms with Gasteiger partial charge in [0.05, 0.1) is 6.20 Å². The summed E-state index contributed by atoms with van der Waals surface area (Å²) in [6, 6.07) is 0. The molecular weight excluding hydrogens is 274 g/mol. The lowest BCUT2D eigenvalue weighted by Crippen LogP contribution is -2.32. The number of unbranched alkanes of at least 4 members (excludes halogenated alkanes) is 2. The smallest absolute Gasteiger partial charge is 0.150 e. The number of hydrogen-bond donors (Lipinski definition) is 1. The SMILES string of the molecule is NCCCCCN1CCCN(c2ncncc2Cl)CC1. The fourth-order valence-electron chi connectivity index (χ4n) is 2.60. The maximum atomic E-state index is 6.17. The number of aromatic nitrogens is 2. The van der Waals surface area contributed by atoms with Gasteiger partial charge in [-0.05, 0) is 38.9 Å². The maximum absolute atomic E-state index is 6.17. The monoisotopic (exact) mass is 297 g/mol. The highest BCUT2D eigenvalue weighted by Gasteiger charge is 2.17. The average molecular weight is 298 g/mol. The van der Waals surface area contributed by atoms with E-state index in [0.29, 0.717) is 5.02 Å². The molecule has 2 N–H and O–H groups in total. The van der Waals surface area contributed by atoms with Crippen LogP contribution in [-0.2, 0) is 0 Å². The van der Waals surface area contributed by atoms with Gasteiger partial charge in [0.15, 0.2) is 5.82 Å². The predicted octanol–water partition coefficient (Wildman–Crippen LogP) is 1.77. The van der Waals surface area contributed by atoms with Crippen LogP contribution in [0.15, 0.2) is 12.5 Å². The molecule has 0 amide bonds. The van der Waals surface area contributed by atoms with Crippen LogP contribution in [0.25, 0.3) is 0 Å². The van der Waals surface area contributed by atoms with Crippen molar-refractivity contribution >= 4 is 17.4 Å². The molecule has 1 fully saturated rings. The number of halogens is 1. The molecule has 5 nitrogen and oxygen atoms in total. The summed E-state index contributed by atoms with van der Waals surface area (Å²) in [4.78, 5) is 13.1. The van der Waals surface area contributed by atoms with Crippen LogP contribution in [-0.4, -0.2) is 54.1 Å². The highest BCUT2D eigenvalue weighted by molar-refractivity contribution is 6.32. The number of nitrogens with zero attached hydrogens (tertiary/aromatic N) is 4. The van der Waals surface area contributed by atoms with E-state index in [1.165, 1.54) is 19.4 Å². The molecule has 0 saturated carbocycles. The quantitative estimate of drug-likeness (QED) is 0.811. The average Bonchev–Trinajstić information content (AvgIpc) is 2.70. The highest BCUT2D eigenvalue weighted by atomic mass is 35.5. The summed E-state index contributed by atoms with van der Waals surface area (Å²) in [5.74, 6) is 0.867. The Morgan fingerprint density at radius 3 is 2.85 bits per heavy atom. The third kappa shape index (κ3) is 4.58. The van der Waals surface area contributed by atoms with Crippen LogP contribution in [0.5, 0.6) is 0 Å². The van der Waals surface area contributed by atoms with E-state index in [9.17, 15) is 0 Å². The molecule has 1 aliphatic rings. The Morgan fingerprint density at radius 2 is 2.05 bits per heavy atom. The van der Waals surface area contributed by atoms with Crippen LogP contribution >= 0.6 is 11.6 Å². The lowest BCUT2D eigenvalue weighted by molar-refractivity contribution is 0.286. The van der Waals surface area contributed by atoms with Gasteiger partial charge in [-0.15, -0.1) is 0 Å². The Balaban J connectivity index is 1.82. The number of anilines is 1. The van der Waals surface area contributed by atoms with Gasteiger partial charge in [0.25, 0.3) is 0 Å². The second-order valence-corrected chi connectivity index (χ2v) is 5.63. The first-order valence-corrected chi connectivity index (χ1v) is 7.82. The molecule has 1 aromatic heterocycles. The molecular formula is C14H24ClN5. The normalized spacial score (nSPS) is 17.2. The minimum Gasteiger partial charge on any atom is -0.354 e. The molecule has 6 heteroatoms. The third-order valence-corrected chi connectivity index (χ3v) is 3.98. The summed E-state index contributed by atoms with van der Waals surface area (Å²) in [7, 11) is 0. The van der Waals surface area contributed by atoms with Crippen LogP contribution in [0.1, 0.15) is 25.7 Å². The molecule has 0 aliphatic carbocycles. The van der Waals surface area contributed by atoms with Crippen LogP contribution in [0, 0.1) is 0 Å². The molecule has 0 bridgehead atoms. The van der Waals surface area contributed by atoms with Gasteiger partial charge in [-0.1, -0.05) is 18.0 Å². The van der Waals surface area contributed by atoms with Crippen molar-refractivity contribution < 1.29 is 0 Å². The summed E-state index contributed by atoms with van der Waals surface area (Å²) in [6.07, 6.45) is 7.99. The first kappa shape index (κ1) is 15.5. The predicted molar refractivity (Wildman–Crippen MR) is 83.2 cm³/mol. The largest absolute Gasteiger partial charge is 0.354 e. The molecule has 0 radical (unpaired) electrons. The standard InChI is InChI=1S/C14H24ClN5/c15-13-11-17-12-18-14(13)20-8-4-7-19(9-10-20)6-3-1-2-5-16/h11-12H,1-10,16H2. The van der Waals surface area contributed by atoms with Crippen molar-refractivity contribution in [1.82, 2.24) is 14.9 Å². The Bertz CT molecular complexity index is 401. The molecule has 2 heterocycles. The summed E-state index contributed by atoms with van der Waals surface area (Å²) in [5, 5.41) is 0.642. The number of rotatable bonds is 6. The molecule has 0 aromatic carbocycles. The molecule has 0 unspecified atom stereocenters. The van der Waals surface area contributed by atoms with E-state index in [1.807, 2.05) is 0 Å². The van der Waals surface area contributed by atoms with Crippen molar-refractivity contribution in [3.8, 4) is 0 Å². The van der Waals surface area contributed by atoms with Gasteiger partial charge in [-0.3, -0.25) is 0 Å². The van der Waals surface area contributed by atoms with E-state index in [2.05, 4.69) is 19.8 Å². The van der Waals surface area contributed by atoms with Crippen LogP contribution in [0.3, 0.4) is 0 Å². The van der Waals surface area contributed by atoms with Gasteiger partial charge in [-0.25, -0.2) is 9.97 Å². The minimum absolute atomic E-state index is 0.642. The van der Waals surface area contributed by atoms with Crippen LogP contribution in [0.2, 0.25) is 5.02 Å². The maximum Gasteiger partial charge on any atom is 0.150 e. The number of hydrogen-bond acceptors (Lipinski definition) is 5. The Hall–Kier alpha value is -0.910. The fraction of sp³-hybridized carbons (Fsp3) is 0.714. The molecule has 112 valence electrons. The molecule has 1 aromatic rings. The third-order valence-electron chi connectivity index (χ3n) is 3.71. The van der Waals surface area contributed by atoms with Crippen molar-refractivity contribution in [3.05, 3.63) is 17.5 Å². The molecule has 1 saturated heterocycles. The van der Waals surface area contributed by atoms with Gasteiger partial charge in [0, 0.05) is 19.6 Å². The Morgan fingerprint density at radius 1 is 1.15 bits per heavy atom. The van der Waals surface area contributed by atoms with Gasteiger partial charge in [0.1, 0.15) is 11.3 Å². The topological polar surface area (TPSA) is 58.3 Å². The van der Waals surface area contributed by atoms with E-state index in [-0.39, 0.29) is 0 Å². The van der Waals surface area contributed by atoms with E-state index >= 15 is 0 Å². The van der Waals surface area contributed by atoms with Gasteiger partial charge < -0.3 is 15.5 Å². The van der Waals surface area contributed by atoms with Crippen molar-refractivity contribution in [2.45, 2.75) is 25.7 Å². The van der Waals surface area contributed by atoms with Crippen molar-refractivity contribution in [2.75, 3.05) is 44.2 Å². The highest BCUT2D eigenvalue weighted by Crippen LogP contribution is 2.22. The van der Waals surface area contributed by atoms with Crippen molar-refractivity contribution in [1.29, 1.82) is 0 Å². The lowest BCUT2D eigenvalue weighted by Gasteiger charge is -2.23. The van der Waals surface area contributed by atoms with E-state index < -0.39 is 0 Å². The first-order chi connectivity index (χ1) is 9.81. The Kier molecular flexibility index (Phi) is 6.50. The van der Waals surface area contributed by atoms with E-state index in [0.717, 1.165) is 51.4 Å². The summed E-state index contributed by atoms with van der Waals surface area (Å²) in [6.45, 7) is 6.19. The van der Waals surface area contributed by atoms with Crippen molar-refractivity contribution in [2.24, 2.45) is 5.73 Å². The molecule has 0 spiro atoms. The number of nitrogens with two attached hydrogens (primary N) is 1. The summed E-state index contributed by atoms with van der Waals surface area (Å²) < 4.78 is 0. The molecule has 2 rings (SSSR count). The fourth-order valence-corrected chi connectivity index (χ4v) is 2.83. The zero-order valence-corrected chi connectivity index (χ0v) is 12.7. The molecule has 0 atom stereocenters. The Labute approximate surface area is 126 Å². The van der Waals surface area contributed by atoms with E-state index in [4.69, 9.17) is 17.3 Å². The van der Waals surface area contributed by atoms with Crippen LogP contribution < -0.4 is 10.6 Å². The second-order valence-electron chi connectivity index (χ2n) is 5.23. The molecule has 20 heavy (non-hydrogen) atoms. The first-order valence-electron chi connectivity index (χ1n) is 7.44. The zero-order chi connectivity index (χ0) is 14.2. The van der Waals surface area contributed by atoms with Crippen molar-refractivity contribution in [3.63, 3.8) is 0 Å². The zero-order valence-electron chi connectivity index (χ0n) is 12.0. The lowest BCUT2D eigenvalue weighted by atomic mass is 10.2. The van der Waals surface area contributed by atoms with Gasteiger partial charge in [0.2, 0.25) is 0 Å². The summed E-state index contributed by atoms with van der Waals surface area (Å²) >= 11 is 6.17. The van der Waals surface area contributed by atoms with Crippen LogP contribution in [0.4, 0.5) is 5.82 Å². The molecule has 1 aliphatic heterocycles.